The van der Waals surface area contributed by atoms with Crippen LogP contribution in [0.1, 0.15) is 26.7 Å². The van der Waals surface area contributed by atoms with Crippen LogP contribution in [-0.4, -0.2) is 13.1 Å². The minimum absolute atomic E-state index is 0.435. The molecule has 0 aromatic heterocycles. The van der Waals surface area contributed by atoms with Crippen LogP contribution in [0.4, 0.5) is 11.4 Å². The second-order valence-electron chi connectivity index (χ2n) is 4.07. The lowest BCUT2D eigenvalue weighted by atomic mass is 10.1. The molecule has 0 aliphatic rings. The zero-order chi connectivity index (χ0) is 12.3. The number of anilines is 2. The van der Waals surface area contributed by atoms with Gasteiger partial charge in [-0.1, -0.05) is 36.5 Å². The molecular weight excluding hydrogens is 243 g/mol. The Balaban J connectivity index is 2.99. The quantitative estimate of drug-likeness (QED) is 0.823. The maximum atomic E-state index is 6.00. The number of rotatable bonds is 4. The van der Waals surface area contributed by atoms with Crippen LogP contribution in [0.3, 0.4) is 0 Å². The van der Waals surface area contributed by atoms with Crippen LogP contribution in [0.15, 0.2) is 12.1 Å². The third-order valence-corrected chi connectivity index (χ3v) is 3.54. The van der Waals surface area contributed by atoms with E-state index in [0.29, 0.717) is 21.8 Å². The van der Waals surface area contributed by atoms with Gasteiger partial charge in [0.15, 0.2) is 0 Å². The van der Waals surface area contributed by atoms with E-state index in [-0.39, 0.29) is 0 Å². The van der Waals surface area contributed by atoms with Crippen LogP contribution in [0, 0.1) is 0 Å². The summed E-state index contributed by atoms with van der Waals surface area (Å²) in [6.45, 7) is 4.34. The fourth-order valence-electron chi connectivity index (χ4n) is 1.71. The third kappa shape index (κ3) is 2.96. The molecule has 0 aliphatic heterocycles. The lowest BCUT2D eigenvalue weighted by molar-refractivity contribution is 0.617. The van der Waals surface area contributed by atoms with Crippen molar-refractivity contribution in [2.75, 3.05) is 17.7 Å². The Bertz CT molecular complexity index is 366. The van der Waals surface area contributed by atoms with Gasteiger partial charge in [0.05, 0.1) is 21.4 Å². The van der Waals surface area contributed by atoms with Crippen LogP contribution < -0.4 is 10.6 Å². The summed E-state index contributed by atoms with van der Waals surface area (Å²) in [5.41, 5.74) is 7.55. The maximum Gasteiger partial charge on any atom is 0.0615 e. The molecule has 1 aromatic carbocycles. The van der Waals surface area contributed by atoms with E-state index >= 15 is 0 Å². The van der Waals surface area contributed by atoms with Gasteiger partial charge in [-0.2, -0.15) is 0 Å². The van der Waals surface area contributed by atoms with Gasteiger partial charge in [0.2, 0.25) is 0 Å². The van der Waals surface area contributed by atoms with Gasteiger partial charge in [-0.3, -0.25) is 0 Å². The molecular formula is C12H18Cl2N2. The van der Waals surface area contributed by atoms with E-state index in [1.165, 1.54) is 0 Å². The van der Waals surface area contributed by atoms with Crippen molar-refractivity contribution in [3.63, 3.8) is 0 Å². The predicted molar refractivity (Wildman–Crippen MR) is 73.6 cm³/mol. The average molecular weight is 261 g/mol. The summed E-state index contributed by atoms with van der Waals surface area (Å²) in [5, 5.41) is 1.04. The zero-order valence-corrected chi connectivity index (χ0v) is 11.4. The molecule has 0 heterocycles. The first-order valence-electron chi connectivity index (χ1n) is 5.44. The third-order valence-electron chi connectivity index (χ3n) is 2.82. The maximum absolute atomic E-state index is 6.00. The number of halogens is 2. The van der Waals surface area contributed by atoms with Gasteiger partial charge in [0, 0.05) is 13.1 Å². The molecule has 0 bridgehead atoms. The summed E-state index contributed by atoms with van der Waals surface area (Å²) in [5.74, 6) is 0. The van der Waals surface area contributed by atoms with E-state index in [0.717, 1.165) is 18.5 Å². The molecule has 0 spiro atoms. The number of nitrogen functional groups attached to an aromatic ring is 1. The fraction of sp³-hybridized carbons (Fsp3) is 0.500. The normalized spacial score (nSPS) is 12.6. The lowest BCUT2D eigenvalue weighted by Gasteiger charge is -2.28. The van der Waals surface area contributed by atoms with Crippen LogP contribution in [0.5, 0.6) is 0 Å². The van der Waals surface area contributed by atoms with E-state index < -0.39 is 0 Å². The molecule has 1 rings (SSSR count). The monoisotopic (exact) mass is 260 g/mol. The summed E-state index contributed by atoms with van der Waals surface area (Å²) in [7, 11) is 2.02. The Morgan fingerprint density at radius 3 is 2.44 bits per heavy atom. The molecule has 1 atom stereocenters. The molecule has 0 fully saturated rings. The molecule has 0 amide bonds. The second-order valence-corrected chi connectivity index (χ2v) is 4.89. The van der Waals surface area contributed by atoms with Gasteiger partial charge in [-0.15, -0.1) is 0 Å². The average Bonchev–Trinajstić information content (AvgIpc) is 2.23. The molecule has 0 saturated heterocycles. The first kappa shape index (κ1) is 13.5. The van der Waals surface area contributed by atoms with Crippen molar-refractivity contribution >= 4 is 34.6 Å². The Morgan fingerprint density at radius 2 is 1.88 bits per heavy atom. The van der Waals surface area contributed by atoms with Crippen molar-refractivity contribution < 1.29 is 0 Å². The second kappa shape index (κ2) is 5.65. The molecule has 0 saturated carbocycles. The number of hydrogen-bond acceptors (Lipinski definition) is 2. The summed E-state index contributed by atoms with van der Waals surface area (Å²) >= 11 is 11.9. The summed E-state index contributed by atoms with van der Waals surface area (Å²) in [6.07, 6.45) is 2.27. The first-order valence-corrected chi connectivity index (χ1v) is 6.20. The van der Waals surface area contributed by atoms with E-state index in [4.69, 9.17) is 28.9 Å². The van der Waals surface area contributed by atoms with Crippen LogP contribution in [0.2, 0.25) is 10.0 Å². The Hall–Kier alpha value is -0.600. The highest BCUT2D eigenvalue weighted by Gasteiger charge is 2.13. The van der Waals surface area contributed by atoms with E-state index in [1.54, 1.807) is 6.07 Å². The van der Waals surface area contributed by atoms with Crippen molar-refractivity contribution in [2.45, 2.75) is 32.7 Å². The molecule has 16 heavy (non-hydrogen) atoms. The van der Waals surface area contributed by atoms with Gasteiger partial charge < -0.3 is 10.6 Å². The van der Waals surface area contributed by atoms with E-state index in [2.05, 4.69) is 18.7 Å². The molecule has 0 aliphatic carbocycles. The molecule has 2 N–H and O–H groups in total. The standard InChI is InChI=1S/C12H18Cl2N2/c1-4-5-8(2)16(3)12-7-10(14)9(13)6-11(12)15/h6-8H,4-5,15H2,1-3H3. The number of benzene rings is 1. The Labute approximate surface area is 107 Å². The van der Waals surface area contributed by atoms with Crippen LogP contribution >= 0.6 is 23.2 Å². The molecule has 1 unspecified atom stereocenters. The van der Waals surface area contributed by atoms with Crippen LogP contribution in [-0.2, 0) is 0 Å². The minimum atomic E-state index is 0.435. The first-order chi connectivity index (χ1) is 7.47. The predicted octanol–water partition coefficient (Wildman–Crippen LogP) is 4.20. The van der Waals surface area contributed by atoms with Crippen molar-refractivity contribution in [1.82, 2.24) is 0 Å². The molecule has 1 aromatic rings. The van der Waals surface area contributed by atoms with Crippen molar-refractivity contribution in [2.24, 2.45) is 0 Å². The Kier molecular flexibility index (Phi) is 4.75. The minimum Gasteiger partial charge on any atom is -0.397 e. The number of hydrogen-bond donors (Lipinski definition) is 1. The summed E-state index contributed by atoms with van der Waals surface area (Å²) in [4.78, 5) is 2.14. The van der Waals surface area contributed by atoms with Crippen molar-refractivity contribution in [3.8, 4) is 0 Å². The lowest BCUT2D eigenvalue weighted by Crippen LogP contribution is -2.29. The zero-order valence-electron chi connectivity index (χ0n) is 9.93. The van der Waals surface area contributed by atoms with Gasteiger partial charge >= 0.3 is 0 Å². The molecule has 90 valence electrons. The highest BCUT2D eigenvalue weighted by Crippen LogP contribution is 2.33. The summed E-state index contributed by atoms with van der Waals surface area (Å²) < 4.78 is 0. The fourth-order valence-corrected chi connectivity index (χ4v) is 2.04. The van der Waals surface area contributed by atoms with Gasteiger partial charge in [0.1, 0.15) is 0 Å². The van der Waals surface area contributed by atoms with Crippen LogP contribution in [0.25, 0.3) is 0 Å². The summed E-state index contributed by atoms with van der Waals surface area (Å²) in [6, 6.07) is 3.96. The SMILES string of the molecule is CCCC(C)N(C)c1cc(Cl)c(Cl)cc1N. The van der Waals surface area contributed by atoms with Crippen molar-refractivity contribution in [3.05, 3.63) is 22.2 Å². The van der Waals surface area contributed by atoms with E-state index in [9.17, 15) is 0 Å². The van der Waals surface area contributed by atoms with Gasteiger partial charge in [-0.05, 0) is 25.5 Å². The molecule has 0 radical (unpaired) electrons. The largest absolute Gasteiger partial charge is 0.397 e. The Morgan fingerprint density at radius 1 is 1.31 bits per heavy atom. The van der Waals surface area contributed by atoms with Gasteiger partial charge in [-0.25, -0.2) is 0 Å². The highest BCUT2D eigenvalue weighted by atomic mass is 35.5. The highest BCUT2D eigenvalue weighted by molar-refractivity contribution is 6.42. The van der Waals surface area contributed by atoms with Gasteiger partial charge in [0.25, 0.3) is 0 Å². The molecule has 2 nitrogen and oxygen atoms in total. The smallest absolute Gasteiger partial charge is 0.0615 e. The molecule has 4 heteroatoms. The van der Waals surface area contributed by atoms with Crippen molar-refractivity contribution in [1.29, 1.82) is 0 Å². The topological polar surface area (TPSA) is 29.3 Å². The van der Waals surface area contributed by atoms with E-state index in [1.807, 2.05) is 13.1 Å². The number of nitrogens with two attached hydrogens (primary N) is 1. The number of nitrogens with zero attached hydrogens (tertiary/aromatic N) is 1.